The van der Waals surface area contributed by atoms with Crippen molar-refractivity contribution in [2.45, 2.75) is 44.8 Å². The van der Waals surface area contributed by atoms with Crippen molar-refractivity contribution < 1.29 is 19.4 Å². The Morgan fingerprint density at radius 3 is 2.76 bits per heavy atom. The van der Waals surface area contributed by atoms with Gasteiger partial charge in [-0.1, -0.05) is 30.3 Å². The summed E-state index contributed by atoms with van der Waals surface area (Å²) in [5.41, 5.74) is 0.980. The van der Waals surface area contributed by atoms with Gasteiger partial charge in [-0.2, -0.15) is 0 Å². The van der Waals surface area contributed by atoms with Gasteiger partial charge in [0.2, 0.25) is 0 Å². The minimum atomic E-state index is -0.648. The number of rotatable bonds is 3. The summed E-state index contributed by atoms with van der Waals surface area (Å²) in [6.07, 6.45) is 0.849. The van der Waals surface area contributed by atoms with Gasteiger partial charge in [0.15, 0.2) is 6.29 Å². The Hall–Kier alpha value is -1.59. The molecule has 1 aromatic rings. The minimum absolute atomic E-state index is 0.109. The van der Waals surface area contributed by atoms with Crippen LogP contribution in [0.1, 0.15) is 25.3 Å². The Balaban J connectivity index is 1.55. The molecule has 4 atom stereocenters. The molecule has 0 spiro atoms. The summed E-state index contributed by atoms with van der Waals surface area (Å²) in [7, 11) is 0. The van der Waals surface area contributed by atoms with Crippen LogP contribution >= 0.6 is 0 Å². The third kappa shape index (κ3) is 3.36. The SMILES string of the molecule is CC1CCC(C2OC2O)CN1C(=O)OCc1ccccc1. The highest BCUT2D eigenvalue weighted by Crippen LogP contribution is 2.35. The Bertz CT molecular complexity index is 492. The number of aliphatic hydroxyl groups excluding tert-OH is 1. The molecular weight excluding hydrogens is 270 g/mol. The van der Waals surface area contributed by atoms with Gasteiger partial charge in [-0.15, -0.1) is 0 Å². The van der Waals surface area contributed by atoms with Crippen molar-refractivity contribution in [3.63, 3.8) is 0 Å². The zero-order valence-electron chi connectivity index (χ0n) is 12.1. The maximum absolute atomic E-state index is 12.3. The zero-order valence-corrected chi connectivity index (χ0v) is 12.1. The number of likely N-dealkylation sites (tertiary alicyclic amines) is 1. The van der Waals surface area contributed by atoms with Crippen LogP contribution in [0.15, 0.2) is 30.3 Å². The van der Waals surface area contributed by atoms with Gasteiger partial charge in [0.25, 0.3) is 0 Å². The molecule has 1 aromatic carbocycles. The van der Waals surface area contributed by atoms with Gasteiger partial charge in [0.05, 0.1) is 0 Å². The molecule has 2 fully saturated rings. The monoisotopic (exact) mass is 291 g/mol. The van der Waals surface area contributed by atoms with E-state index in [0.29, 0.717) is 6.54 Å². The first-order valence-electron chi connectivity index (χ1n) is 7.46. The number of aliphatic hydroxyl groups is 1. The van der Waals surface area contributed by atoms with E-state index < -0.39 is 6.29 Å². The number of nitrogens with zero attached hydrogens (tertiary/aromatic N) is 1. The molecule has 4 unspecified atom stereocenters. The number of carbonyl (C=O) groups excluding carboxylic acids is 1. The molecule has 0 bridgehead atoms. The second-order valence-electron chi connectivity index (χ2n) is 5.87. The van der Waals surface area contributed by atoms with E-state index in [-0.39, 0.29) is 30.8 Å². The molecule has 2 aliphatic heterocycles. The van der Waals surface area contributed by atoms with E-state index in [4.69, 9.17) is 9.47 Å². The van der Waals surface area contributed by atoms with Crippen LogP contribution in [0.5, 0.6) is 0 Å². The van der Waals surface area contributed by atoms with E-state index in [0.717, 1.165) is 18.4 Å². The van der Waals surface area contributed by atoms with Crippen LogP contribution in [-0.4, -0.2) is 41.1 Å². The lowest BCUT2D eigenvalue weighted by Gasteiger charge is -2.36. The highest BCUT2D eigenvalue weighted by Gasteiger charge is 2.46. The number of piperidine rings is 1. The minimum Gasteiger partial charge on any atom is -0.445 e. The quantitative estimate of drug-likeness (QED) is 0.867. The lowest BCUT2D eigenvalue weighted by Crippen LogP contribution is -2.47. The number of hydrogen-bond acceptors (Lipinski definition) is 4. The van der Waals surface area contributed by atoms with Crippen molar-refractivity contribution in [3.8, 4) is 0 Å². The standard InChI is InChI=1S/C16H21NO4/c1-11-7-8-13(14-15(18)21-14)9-17(11)16(19)20-10-12-5-3-2-4-6-12/h2-6,11,13-15,18H,7-10H2,1H3. The van der Waals surface area contributed by atoms with Crippen molar-refractivity contribution in [2.24, 2.45) is 5.92 Å². The van der Waals surface area contributed by atoms with Gasteiger partial charge in [-0.05, 0) is 25.3 Å². The van der Waals surface area contributed by atoms with Crippen molar-refractivity contribution in [1.29, 1.82) is 0 Å². The molecule has 1 amide bonds. The van der Waals surface area contributed by atoms with E-state index in [2.05, 4.69) is 0 Å². The molecule has 5 nitrogen and oxygen atoms in total. The summed E-state index contributed by atoms with van der Waals surface area (Å²) >= 11 is 0. The number of hydrogen-bond donors (Lipinski definition) is 1. The fraction of sp³-hybridized carbons (Fsp3) is 0.562. The molecule has 21 heavy (non-hydrogen) atoms. The molecule has 3 rings (SSSR count). The van der Waals surface area contributed by atoms with E-state index in [1.54, 1.807) is 4.90 Å². The van der Waals surface area contributed by atoms with Gasteiger partial charge >= 0.3 is 6.09 Å². The van der Waals surface area contributed by atoms with Crippen LogP contribution in [-0.2, 0) is 16.1 Å². The lowest BCUT2D eigenvalue weighted by atomic mass is 9.91. The number of carbonyl (C=O) groups is 1. The third-order valence-electron chi connectivity index (χ3n) is 4.32. The summed E-state index contributed by atoms with van der Waals surface area (Å²) in [5.74, 6) is 0.209. The third-order valence-corrected chi connectivity index (χ3v) is 4.32. The summed E-state index contributed by atoms with van der Waals surface area (Å²) in [5, 5.41) is 9.36. The van der Waals surface area contributed by atoms with Crippen LogP contribution in [0.25, 0.3) is 0 Å². The molecule has 2 heterocycles. The van der Waals surface area contributed by atoms with Crippen LogP contribution in [0.3, 0.4) is 0 Å². The van der Waals surface area contributed by atoms with Crippen molar-refractivity contribution in [3.05, 3.63) is 35.9 Å². The lowest BCUT2D eigenvalue weighted by molar-refractivity contribution is 0.0542. The molecule has 1 N–H and O–H groups in total. The van der Waals surface area contributed by atoms with Crippen LogP contribution in [0, 0.1) is 5.92 Å². The molecule has 2 aliphatic rings. The summed E-state index contributed by atoms with van der Waals surface area (Å²) in [6.45, 7) is 2.91. The molecular formula is C16H21NO4. The first-order chi connectivity index (χ1) is 10.1. The van der Waals surface area contributed by atoms with Crippen LogP contribution in [0.4, 0.5) is 4.79 Å². The van der Waals surface area contributed by atoms with Crippen molar-refractivity contribution in [2.75, 3.05) is 6.54 Å². The molecule has 2 saturated heterocycles. The maximum atomic E-state index is 12.3. The van der Waals surface area contributed by atoms with Gasteiger partial charge in [0.1, 0.15) is 12.7 Å². The average Bonchev–Trinajstić information content (AvgIpc) is 3.23. The normalized spacial score (nSPS) is 31.8. The first kappa shape index (κ1) is 14.4. The van der Waals surface area contributed by atoms with E-state index in [9.17, 15) is 9.90 Å². The van der Waals surface area contributed by atoms with Gasteiger partial charge in [-0.3, -0.25) is 0 Å². The second-order valence-corrected chi connectivity index (χ2v) is 5.87. The summed E-state index contributed by atoms with van der Waals surface area (Å²) in [4.78, 5) is 14.0. The average molecular weight is 291 g/mol. The molecule has 0 radical (unpaired) electrons. The first-order valence-corrected chi connectivity index (χ1v) is 7.46. The summed E-state index contributed by atoms with van der Waals surface area (Å²) in [6, 6.07) is 9.82. The van der Waals surface area contributed by atoms with Gasteiger partial charge < -0.3 is 19.5 Å². The molecule has 5 heteroatoms. The van der Waals surface area contributed by atoms with Gasteiger partial charge in [0, 0.05) is 18.5 Å². The second kappa shape index (κ2) is 6.03. The number of ether oxygens (including phenoxy) is 2. The molecule has 0 aliphatic carbocycles. The van der Waals surface area contributed by atoms with E-state index in [1.807, 2.05) is 37.3 Å². The highest BCUT2D eigenvalue weighted by molar-refractivity contribution is 5.68. The number of epoxide rings is 1. The number of benzene rings is 1. The maximum Gasteiger partial charge on any atom is 0.410 e. The Morgan fingerprint density at radius 1 is 1.38 bits per heavy atom. The van der Waals surface area contributed by atoms with Gasteiger partial charge in [-0.25, -0.2) is 4.79 Å². The Morgan fingerprint density at radius 2 is 2.10 bits per heavy atom. The largest absolute Gasteiger partial charge is 0.445 e. The fourth-order valence-corrected chi connectivity index (χ4v) is 2.92. The predicted octanol–water partition coefficient (Wildman–Crippen LogP) is 2.14. The van der Waals surface area contributed by atoms with E-state index >= 15 is 0 Å². The topological polar surface area (TPSA) is 62.3 Å². The Labute approximate surface area is 124 Å². The van der Waals surface area contributed by atoms with Crippen molar-refractivity contribution >= 4 is 6.09 Å². The molecule has 0 aromatic heterocycles. The summed E-state index contributed by atoms with van der Waals surface area (Å²) < 4.78 is 10.5. The highest BCUT2D eigenvalue weighted by atomic mass is 16.7. The molecule has 0 saturated carbocycles. The molecule has 114 valence electrons. The van der Waals surface area contributed by atoms with Crippen LogP contribution < -0.4 is 0 Å². The smallest absolute Gasteiger partial charge is 0.410 e. The Kier molecular flexibility index (Phi) is 4.12. The fourth-order valence-electron chi connectivity index (χ4n) is 2.92. The number of amides is 1. The van der Waals surface area contributed by atoms with Crippen molar-refractivity contribution in [1.82, 2.24) is 4.90 Å². The zero-order chi connectivity index (χ0) is 14.8. The van der Waals surface area contributed by atoms with Crippen LogP contribution in [0.2, 0.25) is 0 Å². The van der Waals surface area contributed by atoms with E-state index in [1.165, 1.54) is 0 Å². The predicted molar refractivity (Wildman–Crippen MR) is 76.4 cm³/mol.